The standard InChI is InChI=1S/C13H19N3O3S2/c1-8(5-18-2)19-6-9(17)7-21-13-15-11(14)10-3-4-20-12(10)16-13/h3-4,8-9,17H,5-7H2,1-2H3,(H2,14,15,16). The predicted molar refractivity (Wildman–Crippen MR) is 85.8 cm³/mol. The van der Waals surface area contributed by atoms with Crippen molar-refractivity contribution in [1.82, 2.24) is 9.97 Å². The number of hydrogen-bond acceptors (Lipinski definition) is 8. The molecule has 2 aromatic heterocycles. The molecule has 0 saturated carbocycles. The lowest BCUT2D eigenvalue weighted by molar-refractivity contribution is -0.0257. The lowest BCUT2D eigenvalue weighted by Gasteiger charge is -2.15. The third-order valence-corrected chi connectivity index (χ3v) is 4.51. The van der Waals surface area contributed by atoms with Crippen LogP contribution in [0.1, 0.15) is 6.92 Å². The Morgan fingerprint density at radius 2 is 2.24 bits per heavy atom. The van der Waals surface area contributed by atoms with E-state index >= 15 is 0 Å². The van der Waals surface area contributed by atoms with Gasteiger partial charge in [0.05, 0.1) is 30.8 Å². The first-order valence-electron chi connectivity index (χ1n) is 6.52. The molecule has 116 valence electrons. The van der Waals surface area contributed by atoms with Crippen molar-refractivity contribution in [1.29, 1.82) is 0 Å². The molecule has 2 unspecified atom stereocenters. The van der Waals surface area contributed by atoms with E-state index in [0.29, 0.717) is 23.3 Å². The van der Waals surface area contributed by atoms with E-state index in [9.17, 15) is 5.11 Å². The van der Waals surface area contributed by atoms with Crippen LogP contribution in [0.4, 0.5) is 5.82 Å². The quantitative estimate of drug-likeness (QED) is 0.563. The molecule has 0 saturated heterocycles. The van der Waals surface area contributed by atoms with Crippen molar-refractivity contribution in [2.75, 3.05) is 31.8 Å². The summed E-state index contributed by atoms with van der Waals surface area (Å²) in [5, 5.41) is 13.3. The highest BCUT2D eigenvalue weighted by atomic mass is 32.2. The van der Waals surface area contributed by atoms with Crippen molar-refractivity contribution in [3.05, 3.63) is 11.4 Å². The monoisotopic (exact) mass is 329 g/mol. The summed E-state index contributed by atoms with van der Waals surface area (Å²) in [5.41, 5.74) is 5.88. The minimum Gasteiger partial charge on any atom is -0.390 e. The summed E-state index contributed by atoms with van der Waals surface area (Å²) >= 11 is 2.89. The number of nitrogen functional groups attached to an aromatic ring is 1. The Kier molecular flexibility index (Phi) is 6.19. The molecule has 8 heteroatoms. The number of methoxy groups -OCH3 is 1. The molecule has 21 heavy (non-hydrogen) atoms. The predicted octanol–water partition coefficient (Wildman–Crippen LogP) is 1.78. The second-order valence-electron chi connectivity index (χ2n) is 4.59. The van der Waals surface area contributed by atoms with E-state index in [1.54, 1.807) is 7.11 Å². The zero-order chi connectivity index (χ0) is 15.2. The highest BCUT2D eigenvalue weighted by molar-refractivity contribution is 7.99. The van der Waals surface area contributed by atoms with Crippen LogP contribution < -0.4 is 5.73 Å². The normalized spacial score (nSPS) is 14.4. The zero-order valence-electron chi connectivity index (χ0n) is 12.0. The fraction of sp³-hybridized carbons (Fsp3) is 0.538. The van der Waals surface area contributed by atoms with E-state index in [1.165, 1.54) is 23.1 Å². The summed E-state index contributed by atoms with van der Waals surface area (Å²) in [6.07, 6.45) is -0.623. The van der Waals surface area contributed by atoms with Crippen molar-refractivity contribution in [3.63, 3.8) is 0 Å². The van der Waals surface area contributed by atoms with E-state index in [0.717, 1.165) is 10.2 Å². The summed E-state index contributed by atoms with van der Waals surface area (Å²) in [6.45, 7) is 2.67. The van der Waals surface area contributed by atoms with E-state index in [4.69, 9.17) is 15.2 Å². The van der Waals surface area contributed by atoms with Gasteiger partial charge in [-0.3, -0.25) is 0 Å². The number of thiophene rings is 1. The van der Waals surface area contributed by atoms with Crippen LogP contribution in [0.15, 0.2) is 16.6 Å². The second kappa shape index (κ2) is 7.90. The molecule has 0 aliphatic rings. The third-order valence-electron chi connectivity index (χ3n) is 2.71. The van der Waals surface area contributed by atoms with Gasteiger partial charge in [0.15, 0.2) is 5.16 Å². The zero-order valence-corrected chi connectivity index (χ0v) is 13.6. The minimum absolute atomic E-state index is 0.0380. The van der Waals surface area contributed by atoms with Crippen molar-refractivity contribution in [2.24, 2.45) is 0 Å². The summed E-state index contributed by atoms with van der Waals surface area (Å²) in [7, 11) is 1.62. The molecule has 0 amide bonds. The Hall–Kier alpha value is -0.930. The molecule has 2 atom stereocenters. The molecular formula is C13H19N3O3S2. The van der Waals surface area contributed by atoms with Crippen LogP contribution in [0.5, 0.6) is 0 Å². The topological polar surface area (TPSA) is 90.5 Å². The number of nitrogens with zero attached hydrogens (tertiary/aromatic N) is 2. The molecule has 2 aromatic rings. The van der Waals surface area contributed by atoms with Crippen molar-refractivity contribution in [2.45, 2.75) is 24.3 Å². The van der Waals surface area contributed by atoms with Gasteiger partial charge < -0.3 is 20.3 Å². The van der Waals surface area contributed by atoms with E-state index < -0.39 is 6.10 Å². The van der Waals surface area contributed by atoms with E-state index in [1.807, 2.05) is 18.4 Å². The molecule has 2 rings (SSSR count). The lowest BCUT2D eigenvalue weighted by atomic mass is 10.4. The minimum atomic E-state index is -0.585. The highest BCUT2D eigenvalue weighted by Gasteiger charge is 2.11. The van der Waals surface area contributed by atoms with Crippen LogP contribution >= 0.6 is 23.1 Å². The third kappa shape index (κ3) is 4.79. The number of aliphatic hydroxyl groups excluding tert-OH is 1. The van der Waals surface area contributed by atoms with Gasteiger partial charge in [0.2, 0.25) is 0 Å². The summed E-state index contributed by atoms with van der Waals surface area (Å²) in [4.78, 5) is 9.51. The average molecular weight is 329 g/mol. The number of rotatable bonds is 8. The van der Waals surface area contributed by atoms with Crippen LogP contribution in [0.3, 0.4) is 0 Å². The first kappa shape index (κ1) is 16.4. The number of ether oxygens (including phenoxy) is 2. The Balaban J connectivity index is 1.83. The largest absolute Gasteiger partial charge is 0.390 e. The van der Waals surface area contributed by atoms with Gasteiger partial charge in [-0.05, 0) is 18.4 Å². The molecule has 0 spiro atoms. The summed E-state index contributed by atoms with van der Waals surface area (Å²) in [6, 6.07) is 1.91. The smallest absolute Gasteiger partial charge is 0.190 e. The molecule has 6 nitrogen and oxygen atoms in total. The molecule has 0 bridgehead atoms. The van der Waals surface area contributed by atoms with Crippen molar-refractivity contribution in [3.8, 4) is 0 Å². The lowest BCUT2D eigenvalue weighted by Crippen LogP contribution is -2.24. The molecule has 0 aliphatic carbocycles. The van der Waals surface area contributed by atoms with E-state index in [2.05, 4.69) is 9.97 Å². The fourth-order valence-electron chi connectivity index (χ4n) is 1.70. The first-order valence-corrected chi connectivity index (χ1v) is 8.38. The summed E-state index contributed by atoms with van der Waals surface area (Å²) in [5.74, 6) is 0.930. The highest BCUT2D eigenvalue weighted by Crippen LogP contribution is 2.26. The summed E-state index contributed by atoms with van der Waals surface area (Å²) < 4.78 is 10.4. The van der Waals surface area contributed by atoms with Gasteiger partial charge >= 0.3 is 0 Å². The maximum atomic E-state index is 9.90. The van der Waals surface area contributed by atoms with Crippen LogP contribution in [-0.2, 0) is 9.47 Å². The number of anilines is 1. The number of aromatic nitrogens is 2. The van der Waals surface area contributed by atoms with Crippen LogP contribution in [-0.4, -0.2) is 53.4 Å². The Morgan fingerprint density at radius 3 is 3.00 bits per heavy atom. The maximum Gasteiger partial charge on any atom is 0.190 e. The number of aliphatic hydroxyl groups is 1. The van der Waals surface area contributed by atoms with Gasteiger partial charge in [-0.2, -0.15) is 0 Å². The fourth-order valence-corrected chi connectivity index (χ4v) is 3.29. The van der Waals surface area contributed by atoms with Crippen molar-refractivity contribution >= 4 is 39.1 Å². The van der Waals surface area contributed by atoms with Crippen LogP contribution in [0.2, 0.25) is 0 Å². The van der Waals surface area contributed by atoms with Gasteiger partial charge in [0, 0.05) is 12.9 Å². The number of thioether (sulfide) groups is 1. The van der Waals surface area contributed by atoms with Crippen LogP contribution in [0, 0.1) is 0 Å². The van der Waals surface area contributed by atoms with Gasteiger partial charge in [-0.1, -0.05) is 11.8 Å². The number of fused-ring (bicyclic) bond motifs is 1. The molecule has 3 N–H and O–H groups in total. The SMILES string of the molecule is COCC(C)OCC(O)CSc1nc(N)c2ccsc2n1. The first-order chi connectivity index (χ1) is 10.1. The molecule has 0 radical (unpaired) electrons. The Bertz CT molecular complexity index is 579. The maximum absolute atomic E-state index is 9.90. The molecule has 0 aliphatic heterocycles. The molecule has 0 aromatic carbocycles. The second-order valence-corrected chi connectivity index (χ2v) is 6.48. The number of hydrogen-bond donors (Lipinski definition) is 2. The molecular weight excluding hydrogens is 310 g/mol. The van der Waals surface area contributed by atoms with Gasteiger partial charge in [-0.15, -0.1) is 11.3 Å². The van der Waals surface area contributed by atoms with Gasteiger partial charge in [-0.25, -0.2) is 9.97 Å². The number of nitrogens with two attached hydrogens (primary N) is 1. The van der Waals surface area contributed by atoms with Gasteiger partial charge in [0.1, 0.15) is 10.6 Å². The van der Waals surface area contributed by atoms with Crippen LogP contribution in [0.25, 0.3) is 10.2 Å². The Morgan fingerprint density at radius 1 is 1.43 bits per heavy atom. The Labute approximate surface area is 131 Å². The average Bonchev–Trinajstić information content (AvgIpc) is 2.92. The van der Waals surface area contributed by atoms with Gasteiger partial charge in [0.25, 0.3) is 0 Å². The van der Waals surface area contributed by atoms with E-state index in [-0.39, 0.29) is 12.7 Å². The molecule has 2 heterocycles. The van der Waals surface area contributed by atoms with Crippen molar-refractivity contribution < 1.29 is 14.6 Å². The molecule has 0 fully saturated rings.